The molecule has 0 N–H and O–H groups in total. The van der Waals surface area contributed by atoms with Crippen molar-refractivity contribution in [3.63, 3.8) is 0 Å². The molecule has 0 bridgehead atoms. The van der Waals surface area contributed by atoms with E-state index >= 15 is 0 Å². The number of fused-ring (bicyclic) bond motifs is 3. The number of hydrogen-bond acceptors (Lipinski definition) is 7. The maximum atomic E-state index is 12.7. The first-order valence-electron chi connectivity index (χ1n) is 10.2. The Morgan fingerprint density at radius 1 is 1.09 bits per heavy atom. The van der Waals surface area contributed by atoms with Crippen LogP contribution in [0.25, 0.3) is 16.7 Å². The Balaban J connectivity index is 1.64. The number of aryl methyl sites for hydroxylation is 2. The van der Waals surface area contributed by atoms with Gasteiger partial charge in [-0.1, -0.05) is 11.6 Å². The van der Waals surface area contributed by atoms with E-state index in [2.05, 4.69) is 10.2 Å². The van der Waals surface area contributed by atoms with Crippen molar-refractivity contribution in [3.8, 4) is 11.5 Å². The molecule has 9 nitrogen and oxygen atoms in total. The van der Waals surface area contributed by atoms with Gasteiger partial charge in [0.15, 0.2) is 23.9 Å². The number of carbonyl (C=O) groups excluding carboxylic acids is 1. The van der Waals surface area contributed by atoms with Crippen molar-refractivity contribution >= 4 is 22.6 Å². The molecule has 2 aromatic heterocycles. The Bertz CT molecular complexity index is 1390. The smallest absolute Gasteiger partial charge is 0.338 e. The first kappa shape index (κ1) is 21.4. The summed E-state index contributed by atoms with van der Waals surface area (Å²) in [5, 5.41) is 8.80. The van der Waals surface area contributed by atoms with Gasteiger partial charge < -0.3 is 14.2 Å². The van der Waals surface area contributed by atoms with Crippen LogP contribution in [-0.4, -0.2) is 38.3 Å². The van der Waals surface area contributed by atoms with Crippen molar-refractivity contribution in [2.75, 3.05) is 7.11 Å². The van der Waals surface area contributed by atoms with E-state index in [1.165, 1.54) is 11.7 Å². The summed E-state index contributed by atoms with van der Waals surface area (Å²) in [6, 6.07) is 10.4. The van der Waals surface area contributed by atoms with Gasteiger partial charge in [-0.2, -0.15) is 0 Å². The quantitative estimate of drug-likeness (QED) is 0.429. The van der Waals surface area contributed by atoms with Crippen molar-refractivity contribution in [2.24, 2.45) is 7.05 Å². The summed E-state index contributed by atoms with van der Waals surface area (Å²) in [4.78, 5) is 25.4. The Hall–Kier alpha value is -3.88. The molecule has 0 fully saturated rings. The zero-order valence-electron chi connectivity index (χ0n) is 18.6. The largest absolute Gasteiger partial charge is 0.493 e. The van der Waals surface area contributed by atoms with Crippen LogP contribution in [-0.2, 0) is 18.4 Å². The molecule has 9 heteroatoms. The highest BCUT2D eigenvalue weighted by Gasteiger charge is 2.18. The predicted molar refractivity (Wildman–Crippen MR) is 118 cm³/mol. The molecule has 2 heterocycles. The van der Waals surface area contributed by atoms with Gasteiger partial charge in [0.05, 0.1) is 29.7 Å². The van der Waals surface area contributed by atoms with E-state index in [1.54, 1.807) is 29.6 Å². The van der Waals surface area contributed by atoms with E-state index in [9.17, 15) is 9.59 Å². The van der Waals surface area contributed by atoms with Crippen LogP contribution in [0.2, 0.25) is 0 Å². The minimum absolute atomic E-state index is 0.0301. The highest BCUT2D eigenvalue weighted by Crippen LogP contribution is 2.29. The Morgan fingerprint density at radius 3 is 2.59 bits per heavy atom. The molecule has 0 atom stereocenters. The molecule has 4 aromatic rings. The van der Waals surface area contributed by atoms with Gasteiger partial charge in [-0.05, 0) is 51.1 Å². The first-order chi connectivity index (χ1) is 15.3. The fraction of sp³-hybridized carbons (Fsp3) is 0.304. The van der Waals surface area contributed by atoms with Crippen LogP contribution in [0.5, 0.6) is 11.5 Å². The number of hydrogen-bond donors (Lipinski definition) is 0. The third-order valence-corrected chi connectivity index (χ3v) is 5.04. The molecular formula is C23H24N4O5. The average Bonchev–Trinajstić information content (AvgIpc) is 3.19. The normalized spacial score (nSPS) is 11.3. The number of methoxy groups -OCH3 is 1. The second kappa shape index (κ2) is 8.33. The molecule has 166 valence electrons. The summed E-state index contributed by atoms with van der Waals surface area (Å²) < 4.78 is 19.7. The number of benzene rings is 2. The lowest BCUT2D eigenvalue weighted by Gasteiger charge is -2.14. The van der Waals surface area contributed by atoms with Crippen LogP contribution in [0.3, 0.4) is 0 Å². The first-order valence-corrected chi connectivity index (χ1v) is 10.2. The Morgan fingerprint density at radius 2 is 1.88 bits per heavy atom. The van der Waals surface area contributed by atoms with E-state index < -0.39 is 5.97 Å². The molecule has 0 unspecified atom stereocenters. The predicted octanol–water partition coefficient (Wildman–Crippen LogP) is 3.04. The highest BCUT2D eigenvalue weighted by molar-refractivity contribution is 5.90. The second-order valence-corrected chi connectivity index (χ2v) is 7.74. The number of aromatic nitrogens is 4. The van der Waals surface area contributed by atoms with Crippen LogP contribution in [0, 0.1) is 6.92 Å². The lowest BCUT2D eigenvalue weighted by Crippen LogP contribution is -2.20. The molecule has 0 saturated heterocycles. The van der Waals surface area contributed by atoms with Crippen LogP contribution in [0.15, 0.2) is 41.2 Å². The summed E-state index contributed by atoms with van der Waals surface area (Å²) in [7, 11) is 3.15. The van der Waals surface area contributed by atoms with Gasteiger partial charge in [0.2, 0.25) is 5.78 Å². The molecule has 4 rings (SSSR count). The van der Waals surface area contributed by atoms with Gasteiger partial charge in [-0.15, -0.1) is 10.2 Å². The monoisotopic (exact) mass is 436 g/mol. The highest BCUT2D eigenvalue weighted by atomic mass is 16.5. The molecule has 2 aromatic carbocycles. The number of esters is 1. The van der Waals surface area contributed by atoms with Crippen molar-refractivity contribution in [1.29, 1.82) is 0 Å². The van der Waals surface area contributed by atoms with Crippen LogP contribution >= 0.6 is 0 Å². The maximum absolute atomic E-state index is 12.7. The van der Waals surface area contributed by atoms with Crippen LogP contribution in [0.1, 0.15) is 35.6 Å². The fourth-order valence-corrected chi connectivity index (χ4v) is 3.51. The average molecular weight is 436 g/mol. The zero-order valence-corrected chi connectivity index (χ0v) is 18.6. The third-order valence-electron chi connectivity index (χ3n) is 5.04. The summed E-state index contributed by atoms with van der Waals surface area (Å²) in [5.74, 6) is 1.22. The van der Waals surface area contributed by atoms with Gasteiger partial charge in [-0.3, -0.25) is 13.8 Å². The van der Waals surface area contributed by atoms with Crippen LogP contribution < -0.4 is 15.0 Å². The van der Waals surface area contributed by atoms with E-state index in [4.69, 9.17) is 14.2 Å². The summed E-state index contributed by atoms with van der Waals surface area (Å²) in [6.45, 7) is 5.62. The summed E-state index contributed by atoms with van der Waals surface area (Å²) in [5.41, 5.74) is 1.78. The lowest BCUT2D eigenvalue weighted by molar-refractivity contribution is 0.0461. The topological polar surface area (TPSA) is 97.0 Å². The van der Waals surface area contributed by atoms with Gasteiger partial charge in [-0.25, -0.2) is 4.79 Å². The van der Waals surface area contributed by atoms with Crippen molar-refractivity contribution in [2.45, 2.75) is 33.5 Å². The SMILES string of the molecule is COc1cc(C(=O)OCc2nnc3n(C)c(=O)c4cc(C)ccc4n23)ccc1OC(C)C. The molecule has 0 saturated carbocycles. The molecule has 0 amide bonds. The van der Waals surface area contributed by atoms with Crippen LogP contribution in [0.4, 0.5) is 0 Å². The second-order valence-electron chi connectivity index (χ2n) is 7.74. The van der Waals surface area contributed by atoms with E-state index in [0.29, 0.717) is 39.6 Å². The molecule has 0 radical (unpaired) electrons. The summed E-state index contributed by atoms with van der Waals surface area (Å²) >= 11 is 0. The standard InChI is InChI=1S/C23H24N4O5/c1-13(2)32-18-9-7-15(11-19(18)30-5)22(29)31-12-20-24-25-23-26(4)21(28)16-10-14(3)6-8-17(16)27(20)23/h6-11,13H,12H2,1-5H3. The number of rotatable bonds is 6. The number of nitrogens with zero attached hydrogens (tertiary/aromatic N) is 4. The Labute approximate surface area is 184 Å². The molecule has 32 heavy (non-hydrogen) atoms. The van der Waals surface area contributed by atoms with Crippen molar-refractivity contribution in [1.82, 2.24) is 19.2 Å². The molecule has 0 aliphatic rings. The van der Waals surface area contributed by atoms with Crippen molar-refractivity contribution in [3.05, 3.63) is 63.7 Å². The van der Waals surface area contributed by atoms with Gasteiger partial charge >= 0.3 is 5.97 Å². The molecular weight excluding hydrogens is 412 g/mol. The van der Waals surface area contributed by atoms with Gasteiger partial charge in [0.1, 0.15) is 0 Å². The minimum Gasteiger partial charge on any atom is -0.493 e. The van der Waals surface area contributed by atoms with Crippen molar-refractivity contribution < 1.29 is 19.0 Å². The fourth-order valence-electron chi connectivity index (χ4n) is 3.51. The van der Waals surface area contributed by atoms with Gasteiger partial charge in [0, 0.05) is 7.05 Å². The third kappa shape index (κ3) is 3.77. The molecule has 0 aliphatic carbocycles. The Kier molecular flexibility index (Phi) is 5.56. The number of ether oxygens (including phenoxy) is 3. The van der Waals surface area contributed by atoms with Gasteiger partial charge in [0.25, 0.3) is 5.56 Å². The zero-order chi connectivity index (χ0) is 23.0. The van der Waals surface area contributed by atoms with E-state index in [0.717, 1.165) is 5.56 Å². The van der Waals surface area contributed by atoms with E-state index in [1.807, 2.05) is 39.0 Å². The molecule has 0 aliphatic heterocycles. The van der Waals surface area contributed by atoms with E-state index in [-0.39, 0.29) is 18.3 Å². The molecule has 0 spiro atoms. The lowest BCUT2D eigenvalue weighted by atomic mass is 10.1. The maximum Gasteiger partial charge on any atom is 0.338 e. The summed E-state index contributed by atoms with van der Waals surface area (Å²) in [6.07, 6.45) is -0.0301. The number of carbonyl (C=O) groups is 1. The minimum atomic E-state index is -0.541.